The quantitative estimate of drug-likeness (QED) is 0.737. The van der Waals surface area contributed by atoms with E-state index in [0.29, 0.717) is 5.92 Å². The van der Waals surface area contributed by atoms with E-state index in [1.54, 1.807) is 11.9 Å². The third-order valence-corrected chi connectivity index (χ3v) is 6.40. The molecule has 1 amide bonds. The van der Waals surface area contributed by atoms with E-state index < -0.39 is 34.0 Å². The highest BCUT2D eigenvalue weighted by molar-refractivity contribution is 7.89. The zero-order valence-electron chi connectivity index (χ0n) is 15.7. The normalized spacial score (nSPS) is 20.1. The average molecular weight is 400 g/mol. The molecule has 0 aliphatic heterocycles. The molecule has 1 fully saturated rings. The van der Waals surface area contributed by atoms with Crippen molar-refractivity contribution in [2.24, 2.45) is 5.92 Å². The van der Waals surface area contributed by atoms with Crippen LogP contribution in [-0.2, 0) is 19.6 Å². The number of halogens is 1. The molecule has 0 radical (unpaired) electrons. The zero-order valence-corrected chi connectivity index (χ0v) is 16.5. The van der Waals surface area contributed by atoms with Gasteiger partial charge in [-0.1, -0.05) is 6.92 Å². The number of nitrogens with zero attached hydrogens (tertiary/aromatic N) is 1. The minimum Gasteiger partial charge on any atom is -0.452 e. The van der Waals surface area contributed by atoms with E-state index in [-0.39, 0.29) is 16.8 Å². The van der Waals surface area contributed by atoms with Gasteiger partial charge < -0.3 is 9.64 Å². The summed E-state index contributed by atoms with van der Waals surface area (Å²) in [5.74, 6) is -1.73. The van der Waals surface area contributed by atoms with Crippen LogP contribution in [0.25, 0.3) is 0 Å². The van der Waals surface area contributed by atoms with Gasteiger partial charge in [0.1, 0.15) is 5.82 Å². The number of sulfonamides is 1. The molecule has 0 heterocycles. The molecule has 2 rings (SSSR count). The lowest BCUT2D eigenvalue weighted by molar-refractivity contribution is -0.136. The van der Waals surface area contributed by atoms with Gasteiger partial charge in [0.2, 0.25) is 10.0 Å². The fourth-order valence-electron chi connectivity index (χ4n) is 3.09. The van der Waals surface area contributed by atoms with Gasteiger partial charge in [-0.15, -0.1) is 0 Å². The summed E-state index contributed by atoms with van der Waals surface area (Å²) in [6, 6.07) is 2.91. The summed E-state index contributed by atoms with van der Waals surface area (Å²) in [5.41, 5.74) is -0.534. The molecular weight excluding hydrogens is 375 g/mol. The maximum Gasteiger partial charge on any atom is 0.341 e. The van der Waals surface area contributed by atoms with Crippen molar-refractivity contribution >= 4 is 21.9 Å². The SMILES string of the molecule is CNS(=O)(=O)c1ccc(F)c(C(=O)OCC(=O)N(C)C2CCC(C)CC2)c1. The van der Waals surface area contributed by atoms with Crippen LogP contribution >= 0.6 is 0 Å². The summed E-state index contributed by atoms with van der Waals surface area (Å²) in [7, 11) is -0.965. The van der Waals surface area contributed by atoms with Gasteiger partial charge in [-0.3, -0.25) is 4.79 Å². The summed E-state index contributed by atoms with van der Waals surface area (Å²) in [6.07, 6.45) is 3.88. The number of benzene rings is 1. The Balaban J connectivity index is 2.01. The second-order valence-corrected chi connectivity index (χ2v) is 8.73. The van der Waals surface area contributed by atoms with Crippen molar-refractivity contribution in [3.8, 4) is 0 Å². The predicted octanol–water partition coefficient (Wildman–Crippen LogP) is 1.93. The Morgan fingerprint density at radius 2 is 1.89 bits per heavy atom. The van der Waals surface area contributed by atoms with Gasteiger partial charge in [-0.2, -0.15) is 0 Å². The number of carbonyl (C=O) groups is 2. The monoisotopic (exact) mass is 400 g/mol. The van der Waals surface area contributed by atoms with Crippen LogP contribution in [0.4, 0.5) is 4.39 Å². The van der Waals surface area contributed by atoms with Crippen LogP contribution in [0.5, 0.6) is 0 Å². The highest BCUT2D eigenvalue weighted by Gasteiger charge is 2.26. The number of nitrogens with one attached hydrogen (secondary N) is 1. The Labute approximate surface area is 158 Å². The van der Waals surface area contributed by atoms with Gasteiger partial charge in [0.25, 0.3) is 5.91 Å². The Bertz CT molecular complexity index is 804. The number of ether oxygens (including phenoxy) is 1. The third kappa shape index (κ3) is 5.26. The van der Waals surface area contributed by atoms with Crippen molar-refractivity contribution < 1.29 is 27.1 Å². The van der Waals surface area contributed by atoms with E-state index in [1.165, 1.54) is 7.05 Å². The summed E-state index contributed by atoms with van der Waals surface area (Å²) in [5, 5.41) is 0. The Morgan fingerprint density at radius 3 is 2.48 bits per heavy atom. The molecule has 0 aromatic heterocycles. The smallest absolute Gasteiger partial charge is 0.341 e. The van der Waals surface area contributed by atoms with Crippen LogP contribution in [-0.4, -0.2) is 51.9 Å². The minimum absolute atomic E-state index is 0.105. The molecule has 1 N–H and O–H groups in total. The zero-order chi connectivity index (χ0) is 20.2. The number of esters is 1. The van der Waals surface area contributed by atoms with Crippen LogP contribution in [0.15, 0.2) is 23.1 Å². The van der Waals surface area contributed by atoms with E-state index in [4.69, 9.17) is 4.74 Å². The lowest BCUT2D eigenvalue weighted by atomic mass is 9.87. The van der Waals surface area contributed by atoms with Crippen molar-refractivity contribution in [1.29, 1.82) is 0 Å². The first kappa shape index (κ1) is 21.3. The third-order valence-electron chi connectivity index (χ3n) is 4.99. The summed E-state index contributed by atoms with van der Waals surface area (Å²) in [6.45, 7) is 1.65. The number of likely N-dealkylation sites (N-methyl/N-ethyl adjacent to an activating group) is 1. The minimum atomic E-state index is -3.83. The molecule has 150 valence electrons. The van der Waals surface area contributed by atoms with Crippen LogP contribution in [0, 0.1) is 11.7 Å². The maximum absolute atomic E-state index is 13.9. The molecule has 1 aromatic rings. The fourth-order valence-corrected chi connectivity index (χ4v) is 3.84. The van der Waals surface area contributed by atoms with Gasteiger partial charge in [-0.25, -0.2) is 22.3 Å². The largest absolute Gasteiger partial charge is 0.452 e. The van der Waals surface area contributed by atoms with Crippen LogP contribution < -0.4 is 4.72 Å². The van der Waals surface area contributed by atoms with Gasteiger partial charge >= 0.3 is 5.97 Å². The molecule has 1 aromatic carbocycles. The van der Waals surface area contributed by atoms with Crippen molar-refractivity contribution in [3.63, 3.8) is 0 Å². The van der Waals surface area contributed by atoms with Crippen LogP contribution in [0.2, 0.25) is 0 Å². The van der Waals surface area contributed by atoms with Gasteiger partial charge in [0.05, 0.1) is 10.5 Å². The Kier molecular flexibility index (Phi) is 6.94. The van der Waals surface area contributed by atoms with Gasteiger partial charge in [0, 0.05) is 13.1 Å². The molecule has 0 unspecified atom stereocenters. The molecule has 7 nitrogen and oxygen atoms in total. The van der Waals surface area contributed by atoms with Crippen molar-refractivity contribution in [3.05, 3.63) is 29.6 Å². The van der Waals surface area contributed by atoms with E-state index in [9.17, 15) is 22.4 Å². The van der Waals surface area contributed by atoms with Crippen molar-refractivity contribution in [1.82, 2.24) is 9.62 Å². The number of rotatable bonds is 6. The number of hydrogen-bond acceptors (Lipinski definition) is 5. The topological polar surface area (TPSA) is 92.8 Å². The molecule has 0 atom stereocenters. The lowest BCUT2D eigenvalue weighted by Gasteiger charge is -2.33. The summed E-state index contributed by atoms with van der Waals surface area (Å²) in [4.78, 5) is 25.7. The first-order valence-electron chi connectivity index (χ1n) is 8.81. The number of hydrogen-bond donors (Lipinski definition) is 1. The predicted molar refractivity (Wildman–Crippen MR) is 97.1 cm³/mol. The first-order chi connectivity index (χ1) is 12.7. The van der Waals surface area contributed by atoms with Gasteiger partial charge in [0.15, 0.2) is 6.61 Å². The lowest BCUT2D eigenvalue weighted by Crippen LogP contribution is -2.41. The van der Waals surface area contributed by atoms with Crippen LogP contribution in [0.1, 0.15) is 43.0 Å². The summed E-state index contributed by atoms with van der Waals surface area (Å²) < 4.78 is 44.5. The van der Waals surface area contributed by atoms with Crippen molar-refractivity contribution in [2.75, 3.05) is 20.7 Å². The van der Waals surface area contributed by atoms with E-state index >= 15 is 0 Å². The van der Waals surface area contributed by atoms with E-state index in [0.717, 1.165) is 43.9 Å². The molecule has 1 saturated carbocycles. The molecule has 9 heteroatoms. The molecule has 0 bridgehead atoms. The highest BCUT2D eigenvalue weighted by Crippen LogP contribution is 2.26. The van der Waals surface area contributed by atoms with E-state index in [2.05, 4.69) is 11.6 Å². The molecule has 1 aliphatic carbocycles. The molecular formula is C18H25FN2O5S. The molecule has 1 aliphatic rings. The highest BCUT2D eigenvalue weighted by atomic mass is 32.2. The molecule has 0 saturated heterocycles. The number of carbonyl (C=O) groups excluding carboxylic acids is 2. The second-order valence-electron chi connectivity index (χ2n) is 6.84. The van der Waals surface area contributed by atoms with E-state index in [1.807, 2.05) is 0 Å². The van der Waals surface area contributed by atoms with Crippen LogP contribution in [0.3, 0.4) is 0 Å². The molecule has 27 heavy (non-hydrogen) atoms. The standard InChI is InChI=1S/C18H25FN2O5S/c1-12-4-6-13(7-5-12)21(3)17(22)11-26-18(23)15-10-14(8-9-16(15)19)27(24,25)20-2/h8-10,12-13,20H,4-7,11H2,1-3H3. The summed E-state index contributed by atoms with van der Waals surface area (Å²) >= 11 is 0. The molecule has 0 spiro atoms. The van der Waals surface area contributed by atoms with Gasteiger partial charge in [-0.05, 0) is 56.8 Å². The number of amides is 1. The Morgan fingerprint density at radius 1 is 1.26 bits per heavy atom. The van der Waals surface area contributed by atoms with Crippen molar-refractivity contribution in [2.45, 2.75) is 43.5 Å². The first-order valence-corrected chi connectivity index (χ1v) is 10.3. The average Bonchev–Trinajstić information content (AvgIpc) is 2.66. The Hall–Kier alpha value is -2.00. The maximum atomic E-state index is 13.9. The second kappa shape index (κ2) is 8.79. The fraction of sp³-hybridized carbons (Fsp3) is 0.556.